The van der Waals surface area contributed by atoms with Crippen LogP contribution in [-0.2, 0) is 16.1 Å². The molecule has 0 bridgehead atoms. The lowest BCUT2D eigenvalue weighted by atomic mass is 10.1. The first-order chi connectivity index (χ1) is 7.45. The molecule has 1 aliphatic rings. The van der Waals surface area contributed by atoms with Gasteiger partial charge in [0.05, 0.1) is 6.26 Å². The molecule has 16 heavy (non-hydrogen) atoms. The maximum atomic E-state index is 12.9. The van der Waals surface area contributed by atoms with Crippen LogP contribution in [0.2, 0.25) is 0 Å². The van der Waals surface area contributed by atoms with Crippen LogP contribution in [0.5, 0.6) is 0 Å². The normalized spacial score (nSPS) is 24.9. The zero-order valence-corrected chi connectivity index (χ0v) is 10.8. The van der Waals surface area contributed by atoms with Crippen molar-refractivity contribution >= 4 is 11.4 Å². The highest BCUT2D eigenvalue weighted by molar-refractivity contribution is 7.90. The van der Waals surface area contributed by atoms with Crippen LogP contribution < -0.4 is 4.72 Å². The topological polar surface area (TPSA) is 44.3 Å². The number of alkyl halides is 1. The number of ether oxygens (including phenoxy) is 1. The lowest BCUT2D eigenvalue weighted by molar-refractivity contribution is 0.0836. The Bertz CT molecular complexity index is 243. The molecule has 0 aromatic heterocycles. The standard InChI is InChI=1S/C11H20FNO2S/c1-11(2,3)16(14)13-9(8-12)10-6-4-5-7-15-10/h5,7,9-10,13H,4,6,8H2,1-3H3/t9-,10?,16?/m1/s1. The largest absolute Gasteiger partial charge is 0.598 e. The molecule has 1 N–H and O–H groups in total. The van der Waals surface area contributed by atoms with Gasteiger partial charge in [0.1, 0.15) is 23.6 Å². The van der Waals surface area contributed by atoms with Crippen molar-refractivity contribution in [3.05, 3.63) is 12.3 Å². The van der Waals surface area contributed by atoms with Gasteiger partial charge in [0.25, 0.3) is 0 Å². The summed E-state index contributed by atoms with van der Waals surface area (Å²) in [5.41, 5.74) is 0. The highest BCUT2D eigenvalue weighted by Crippen LogP contribution is 2.19. The Morgan fingerprint density at radius 2 is 2.31 bits per heavy atom. The molecule has 94 valence electrons. The van der Waals surface area contributed by atoms with Crippen LogP contribution in [0.3, 0.4) is 0 Å². The van der Waals surface area contributed by atoms with Crippen LogP contribution in [0.25, 0.3) is 0 Å². The van der Waals surface area contributed by atoms with Gasteiger partial charge >= 0.3 is 0 Å². The summed E-state index contributed by atoms with van der Waals surface area (Å²) >= 11 is -1.26. The van der Waals surface area contributed by atoms with Crippen molar-refractivity contribution in [1.82, 2.24) is 4.72 Å². The first-order valence-corrected chi connectivity index (χ1v) is 6.64. The third kappa shape index (κ3) is 3.96. The van der Waals surface area contributed by atoms with Crippen molar-refractivity contribution in [2.24, 2.45) is 0 Å². The van der Waals surface area contributed by atoms with Crippen LogP contribution in [-0.4, -0.2) is 28.1 Å². The van der Waals surface area contributed by atoms with Gasteiger partial charge in [-0.3, -0.25) is 0 Å². The molecule has 3 atom stereocenters. The monoisotopic (exact) mass is 249 g/mol. The molecule has 0 fully saturated rings. The maximum Gasteiger partial charge on any atom is 0.136 e. The van der Waals surface area contributed by atoms with Gasteiger partial charge in [0, 0.05) is 11.4 Å². The van der Waals surface area contributed by atoms with Gasteiger partial charge in [-0.1, -0.05) is 0 Å². The maximum absolute atomic E-state index is 12.9. The molecule has 1 heterocycles. The molecule has 1 rings (SSSR count). The molecule has 1 aliphatic heterocycles. The molecule has 0 saturated heterocycles. The van der Waals surface area contributed by atoms with Crippen molar-refractivity contribution < 1.29 is 13.7 Å². The molecule has 0 amide bonds. The van der Waals surface area contributed by atoms with Crippen LogP contribution >= 0.6 is 0 Å². The van der Waals surface area contributed by atoms with Gasteiger partial charge in [0.2, 0.25) is 0 Å². The van der Waals surface area contributed by atoms with E-state index in [1.807, 2.05) is 26.8 Å². The Balaban J connectivity index is 2.51. The van der Waals surface area contributed by atoms with E-state index < -0.39 is 28.8 Å². The van der Waals surface area contributed by atoms with Crippen LogP contribution in [0.1, 0.15) is 33.6 Å². The Morgan fingerprint density at radius 3 is 2.75 bits per heavy atom. The van der Waals surface area contributed by atoms with Gasteiger partial charge < -0.3 is 9.29 Å². The van der Waals surface area contributed by atoms with E-state index in [1.165, 1.54) is 0 Å². The zero-order valence-electron chi connectivity index (χ0n) is 10.0. The molecule has 0 aliphatic carbocycles. The minimum Gasteiger partial charge on any atom is -0.598 e. The fourth-order valence-electron chi connectivity index (χ4n) is 1.37. The molecule has 0 saturated carbocycles. The first-order valence-electron chi connectivity index (χ1n) is 5.49. The number of hydrogen-bond acceptors (Lipinski definition) is 3. The summed E-state index contributed by atoms with van der Waals surface area (Å²) in [5.74, 6) is 0. The average molecular weight is 249 g/mol. The molecule has 5 heteroatoms. The van der Waals surface area contributed by atoms with Gasteiger partial charge in [0.15, 0.2) is 0 Å². The number of rotatable bonds is 4. The third-order valence-corrected chi connectivity index (χ3v) is 4.03. The van der Waals surface area contributed by atoms with E-state index in [1.54, 1.807) is 6.26 Å². The number of nitrogens with one attached hydrogen (secondary N) is 1. The Kier molecular flexibility index (Phi) is 5.08. The average Bonchev–Trinajstić information content (AvgIpc) is 2.25. The second-order valence-corrected chi connectivity index (χ2v) is 6.88. The second kappa shape index (κ2) is 5.89. The fraction of sp³-hybridized carbons (Fsp3) is 0.818. The van der Waals surface area contributed by atoms with Gasteiger partial charge in [-0.15, -0.1) is 4.72 Å². The molecule has 0 aromatic rings. The summed E-state index contributed by atoms with van der Waals surface area (Å²) in [4.78, 5) is 0. The van der Waals surface area contributed by atoms with E-state index in [0.29, 0.717) is 0 Å². The van der Waals surface area contributed by atoms with Crippen molar-refractivity contribution in [2.45, 2.75) is 50.5 Å². The number of halogens is 1. The van der Waals surface area contributed by atoms with Gasteiger partial charge in [-0.05, 0) is 39.7 Å². The Morgan fingerprint density at radius 1 is 1.62 bits per heavy atom. The minimum absolute atomic E-state index is 0.221. The smallest absolute Gasteiger partial charge is 0.136 e. The van der Waals surface area contributed by atoms with Crippen molar-refractivity contribution in [3.8, 4) is 0 Å². The summed E-state index contributed by atoms with van der Waals surface area (Å²) < 4.78 is 32.5. The first kappa shape index (κ1) is 13.8. The van der Waals surface area contributed by atoms with E-state index in [4.69, 9.17) is 4.74 Å². The summed E-state index contributed by atoms with van der Waals surface area (Å²) in [5, 5.41) is 0. The highest BCUT2D eigenvalue weighted by Gasteiger charge is 2.33. The molecule has 0 spiro atoms. The van der Waals surface area contributed by atoms with Crippen molar-refractivity contribution in [2.75, 3.05) is 6.67 Å². The van der Waals surface area contributed by atoms with Gasteiger partial charge in [-0.2, -0.15) is 0 Å². The fourth-order valence-corrected chi connectivity index (χ4v) is 2.21. The molecule has 0 aromatic carbocycles. The molecule has 0 radical (unpaired) electrons. The van der Waals surface area contributed by atoms with Crippen LogP contribution in [0.4, 0.5) is 4.39 Å². The summed E-state index contributed by atoms with van der Waals surface area (Å²) in [6, 6.07) is -0.495. The summed E-state index contributed by atoms with van der Waals surface area (Å²) in [7, 11) is 0. The molecule has 3 nitrogen and oxygen atoms in total. The SMILES string of the molecule is CC(C)(C)[S+]([O-])N[C@H](CF)C1CCC=CO1. The highest BCUT2D eigenvalue weighted by atomic mass is 32.2. The third-order valence-electron chi connectivity index (χ3n) is 2.40. The van der Waals surface area contributed by atoms with E-state index in [9.17, 15) is 8.94 Å². The summed E-state index contributed by atoms with van der Waals surface area (Å²) in [6.07, 6.45) is 4.93. The lowest BCUT2D eigenvalue weighted by Gasteiger charge is -2.31. The molecule has 2 unspecified atom stereocenters. The predicted octanol–water partition coefficient (Wildman–Crippen LogP) is 2.07. The van der Waals surface area contributed by atoms with Crippen LogP contribution in [0.15, 0.2) is 12.3 Å². The van der Waals surface area contributed by atoms with E-state index in [0.717, 1.165) is 12.8 Å². The molecular formula is C11H20FNO2S. The predicted molar refractivity (Wildman–Crippen MR) is 64.0 cm³/mol. The Labute approximate surface area is 99.8 Å². The second-order valence-electron chi connectivity index (χ2n) is 4.88. The van der Waals surface area contributed by atoms with Crippen LogP contribution in [0, 0.1) is 0 Å². The number of allylic oxidation sites excluding steroid dienone is 1. The van der Waals surface area contributed by atoms with Crippen molar-refractivity contribution in [1.29, 1.82) is 0 Å². The van der Waals surface area contributed by atoms with Crippen molar-refractivity contribution in [3.63, 3.8) is 0 Å². The quantitative estimate of drug-likeness (QED) is 0.776. The van der Waals surface area contributed by atoms with E-state index in [-0.39, 0.29) is 6.10 Å². The lowest BCUT2D eigenvalue weighted by Crippen LogP contribution is -2.51. The minimum atomic E-state index is -1.26. The zero-order chi connectivity index (χ0) is 12.2. The summed E-state index contributed by atoms with van der Waals surface area (Å²) in [6.45, 7) is 4.99. The van der Waals surface area contributed by atoms with E-state index in [2.05, 4.69) is 4.72 Å². The number of hydrogen-bond donors (Lipinski definition) is 1. The Hall–Kier alpha value is -0.260. The molecular weight excluding hydrogens is 229 g/mol. The van der Waals surface area contributed by atoms with E-state index >= 15 is 0 Å². The van der Waals surface area contributed by atoms with Gasteiger partial charge in [-0.25, -0.2) is 4.39 Å².